The third-order valence-electron chi connectivity index (χ3n) is 5.06. The standard InChI is InChI=1S/C19H20N6OS3/c1-8-4-5-11-12(6-8)29-18-14(11)16(20)22-13(23-18)7-27-19-25-24-17(26-19)15-9(2)21-10(3)28-15/h8H,4-7H2,1-3H3,(H2,20,22,23). The van der Waals surface area contributed by atoms with Gasteiger partial charge in [-0.1, -0.05) is 18.7 Å². The van der Waals surface area contributed by atoms with Gasteiger partial charge in [-0.3, -0.25) is 0 Å². The number of hydrogen-bond donors (Lipinski definition) is 1. The Morgan fingerprint density at radius 2 is 2.03 bits per heavy atom. The van der Waals surface area contributed by atoms with Crippen molar-refractivity contribution in [2.75, 3.05) is 5.73 Å². The third-order valence-corrected chi connectivity index (χ3v) is 8.08. The van der Waals surface area contributed by atoms with Crippen LogP contribution >= 0.6 is 34.4 Å². The fourth-order valence-corrected chi connectivity index (χ4v) is 6.57. The summed E-state index contributed by atoms with van der Waals surface area (Å²) in [4.78, 5) is 17.1. The van der Waals surface area contributed by atoms with Crippen molar-refractivity contribution in [1.29, 1.82) is 0 Å². The van der Waals surface area contributed by atoms with Gasteiger partial charge in [0.15, 0.2) is 0 Å². The second-order valence-electron chi connectivity index (χ2n) is 7.37. The summed E-state index contributed by atoms with van der Waals surface area (Å²) in [6.45, 7) is 6.22. The number of fused-ring (bicyclic) bond motifs is 3. The zero-order valence-electron chi connectivity index (χ0n) is 16.4. The third kappa shape index (κ3) is 3.53. The Kier molecular flexibility index (Phi) is 4.79. The molecule has 7 nitrogen and oxygen atoms in total. The average Bonchev–Trinajstić information content (AvgIpc) is 3.36. The molecule has 0 aliphatic heterocycles. The molecule has 0 saturated heterocycles. The highest BCUT2D eigenvalue weighted by molar-refractivity contribution is 7.98. The molecule has 0 fully saturated rings. The molecule has 4 heterocycles. The Labute approximate surface area is 180 Å². The van der Waals surface area contributed by atoms with Crippen molar-refractivity contribution in [3.05, 3.63) is 27.0 Å². The maximum Gasteiger partial charge on any atom is 0.277 e. The molecule has 10 heteroatoms. The molecular formula is C19H20N6OS3. The summed E-state index contributed by atoms with van der Waals surface area (Å²) in [5.74, 6) is 3.03. The first-order valence-electron chi connectivity index (χ1n) is 9.45. The van der Waals surface area contributed by atoms with Gasteiger partial charge in [0.25, 0.3) is 11.1 Å². The molecule has 0 amide bonds. The van der Waals surface area contributed by atoms with Crippen molar-refractivity contribution in [2.45, 2.75) is 51.0 Å². The number of thiophene rings is 1. The van der Waals surface area contributed by atoms with Crippen LogP contribution in [0.4, 0.5) is 5.82 Å². The fourth-order valence-electron chi connectivity index (χ4n) is 3.70. The Morgan fingerprint density at radius 3 is 2.83 bits per heavy atom. The Morgan fingerprint density at radius 1 is 1.17 bits per heavy atom. The van der Waals surface area contributed by atoms with Crippen molar-refractivity contribution in [3.63, 3.8) is 0 Å². The van der Waals surface area contributed by atoms with E-state index in [0.29, 0.717) is 28.5 Å². The van der Waals surface area contributed by atoms with E-state index in [9.17, 15) is 0 Å². The van der Waals surface area contributed by atoms with Crippen LogP contribution in [0.2, 0.25) is 0 Å². The number of aromatic nitrogens is 5. The van der Waals surface area contributed by atoms with E-state index in [1.165, 1.54) is 28.6 Å². The summed E-state index contributed by atoms with van der Waals surface area (Å²) < 4.78 is 5.81. The minimum atomic E-state index is 0.493. The quantitative estimate of drug-likeness (QED) is 0.447. The largest absolute Gasteiger partial charge is 0.410 e. The van der Waals surface area contributed by atoms with Gasteiger partial charge in [0.1, 0.15) is 21.3 Å². The van der Waals surface area contributed by atoms with E-state index in [1.54, 1.807) is 22.7 Å². The van der Waals surface area contributed by atoms with E-state index in [0.717, 1.165) is 44.6 Å². The topological polar surface area (TPSA) is 104 Å². The maximum absolute atomic E-state index is 6.32. The molecule has 4 aromatic heterocycles. The minimum absolute atomic E-state index is 0.493. The Hall–Kier alpha value is -2.04. The number of nitrogens with zero attached hydrogens (tertiary/aromatic N) is 5. The summed E-state index contributed by atoms with van der Waals surface area (Å²) in [6, 6.07) is 0. The molecule has 0 spiro atoms. The van der Waals surface area contributed by atoms with Crippen molar-refractivity contribution in [2.24, 2.45) is 5.92 Å². The maximum atomic E-state index is 6.32. The lowest BCUT2D eigenvalue weighted by atomic mass is 9.89. The predicted molar refractivity (Wildman–Crippen MR) is 117 cm³/mol. The van der Waals surface area contributed by atoms with Gasteiger partial charge in [-0.15, -0.1) is 32.9 Å². The molecule has 2 N–H and O–H groups in total. The SMILES string of the molecule is Cc1nc(C)c(-c2nnc(SCc3nc(N)c4c5c(sc4n3)CC(C)CC5)o2)s1. The molecule has 0 radical (unpaired) electrons. The number of thioether (sulfide) groups is 1. The Bertz CT molecular complexity index is 1210. The second kappa shape index (κ2) is 7.33. The minimum Gasteiger partial charge on any atom is -0.410 e. The summed E-state index contributed by atoms with van der Waals surface area (Å²) in [5, 5.41) is 10.8. The number of rotatable bonds is 4. The molecule has 1 unspecified atom stereocenters. The first-order valence-corrected chi connectivity index (χ1v) is 12.1. The summed E-state index contributed by atoms with van der Waals surface area (Å²) in [6.07, 6.45) is 3.38. The zero-order valence-corrected chi connectivity index (χ0v) is 18.8. The number of nitrogens with two attached hydrogens (primary N) is 1. The first kappa shape index (κ1) is 19.0. The number of hydrogen-bond acceptors (Lipinski definition) is 10. The number of anilines is 1. The van der Waals surface area contributed by atoms with Crippen LogP contribution in [-0.2, 0) is 18.6 Å². The second-order valence-corrected chi connectivity index (χ2v) is 10.6. The molecule has 1 atom stereocenters. The monoisotopic (exact) mass is 444 g/mol. The van der Waals surface area contributed by atoms with Crippen molar-refractivity contribution in [3.8, 4) is 10.8 Å². The predicted octanol–water partition coefficient (Wildman–Crippen LogP) is 4.81. The normalized spacial score (nSPS) is 16.4. The molecule has 0 aromatic carbocycles. The molecule has 1 aliphatic carbocycles. The van der Waals surface area contributed by atoms with Gasteiger partial charge in [0, 0.05) is 4.88 Å². The van der Waals surface area contributed by atoms with Crippen molar-refractivity contribution < 1.29 is 4.42 Å². The van der Waals surface area contributed by atoms with E-state index in [-0.39, 0.29) is 0 Å². The molecular weight excluding hydrogens is 424 g/mol. The molecule has 150 valence electrons. The highest BCUT2D eigenvalue weighted by atomic mass is 32.2. The summed E-state index contributed by atoms with van der Waals surface area (Å²) >= 11 is 4.74. The highest BCUT2D eigenvalue weighted by Crippen LogP contribution is 2.39. The van der Waals surface area contributed by atoms with Crippen LogP contribution in [-0.4, -0.2) is 25.1 Å². The van der Waals surface area contributed by atoms with E-state index >= 15 is 0 Å². The lowest BCUT2D eigenvalue weighted by molar-refractivity contribution is 0.466. The molecule has 1 aliphatic rings. The van der Waals surface area contributed by atoms with Crippen LogP contribution in [0.3, 0.4) is 0 Å². The van der Waals surface area contributed by atoms with Gasteiger partial charge >= 0.3 is 0 Å². The van der Waals surface area contributed by atoms with Crippen LogP contribution in [0.25, 0.3) is 21.0 Å². The van der Waals surface area contributed by atoms with Crippen molar-refractivity contribution in [1.82, 2.24) is 25.1 Å². The summed E-state index contributed by atoms with van der Waals surface area (Å²) in [5.41, 5.74) is 8.58. The molecule has 5 rings (SSSR count). The average molecular weight is 445 g/mol. The van der Waals surface area contributed by atoms with Crippen LogP contribution in [0, 0.1) is 19.8 Å². The van der Waals surface area contributed by atoms with E-state index in [4.69, 9.17) is 15.1 Å². The lowest BCUT2D eigenvalue weighted by Gasteiger charge is -2.17. The van der Waals surface area contributed by atoms with Crippen LogP contribution in [0.15, 0.2) is 9.64 Å². The van der Waals surface area contributed by atoms with Gasteiger partial charge in [-0.05, 0) is 44.6 Å². The van der Waals surface area contributed by atoms with Crippen LogP contribution in [0.1, 0.15) is 40.3 Å². The van der Waals surface area contributed by atoms with E-state index < -0.39 is 0 Å². The number of thiazole rings is 1. The van der Waals surface area contributed by atoms with Gasteiger partial charge in [-0.2, -0.15) is 0 Å². The van der Waals surface area contributed by atoms with Gasteiger partial charge < -0.3 is 10.2 Å². The number of aryl methyl sites for hydroxylation is 3. The van der Waals surface area contributed by atoms with Gasteiger partial charge in [0.2, 0.25) is 0 Å². The molecule has 0 saturated carbocycles. The molecule has 29 heavy (non-hydrogen) atoms. The van der Waals surface area contributed by atoms with Crippen LogP contribution < -0.4 is 5.73 Å². The highest BCUT2D eigenvalue weighted by Gasteiger charge is 2.23. The zero-order chi connectivity index (χ0) is 20.1. The summed E-state index contributed by atoms with van der Waals surface area (Å²) in [7, 11) is 0. The van der Waals surface area contributed by atoms with E-state index in [2.05, 4.69) is 27.1 Å². The van der Waals surface area contributed by atoms with Crippen LogP contribution in [0.5, 0.6) is 0 Å². The van der Waals surface area contributed by atoms with E-state index in [1.807, 2.05) is 13.8 Å². The molecule has 4 aromatic rings. The molecule has 0 bridgehead atoms. The smallest absolute Gasteiger partial charge is 0.277 e. The van der Waals surface area contributed by atoms with Crippen molar-refractivity contribution >= 4 is 50.5 Å². The van der Waals surface area contributed by atoms with Gasteiger partial charge in [-0.25, -0.2) is 15.0 Å². The number of nitrogen functional groups attached to an aromatic ring is 1. The van der Waals surface area contributed by atoms with Gasteiger partial charge in [0.05, 0.1) is 21.8 Å². The lowest BCUT2D eigenvalue weighted by Crippen LogP contribution is -2.09. The Balaban J connectivity index is 1.37. The first-order chi connectivity index (χ1) is 14.0. The fraction of sp³-hybridized carbons (Fsp3) is 0.421.